The molecule has 1 amide bonds. The van der Waals surface area contributed by atoms with Crippen molar-refractivity contribution in [3.05, 3.63) is 105 Å². The number of nitrogens with one attached hydrogen (secondary N) is 1. The van der Waals surface area contributed by atoms with Crippen molar-refractivity contribution < 1.29 is 9.90 Å². The molecule has 1 atom stereocenters. The number of halogens is 1. The van der Waals surface area contributed by atoms with Gasteiger partial charge in [0.25, 0.3) is 5.56 Å². The van der Waals surface area contributed by atoms with Gasteiger partial charge in [-0.1, -0.05) is 53.8 Å². The predicted molar refractivity (Wildman–Crippen MR) is 202 cm³/mol. The molecule has 0 spiro atoms. The minimum absolute atomic E-state index is 0.0843. The Hall–Kier alpha value is -5.77. The van der Waals surface area contributed by atoms with Crippen LogP contribution in [-0.2, 0) is 11.3 Å². The van der Waals surface area contributed by atoms with E-state index in [4.69, 9.17) is 27.4 Å². The summed E-state index contributed by atoms with van der Waals surface area (Å²) in [4.78, 5) is 47.5. The molecule has 52 heavy (non-hydrogen) atoms. The summed E-state index contributed by atoms with van der Waals surface area (Å²) in [7, 11) is 2.08. The lowest BCUT2D eigenvalue weighted by Crippen LogP contribution is -2.34. The van der Waals surface area contributed by atoms with Crippen molar-refractivity contribution in [2.75, 3.05) is 39.0 Å². The second-order valence-electron chi connectivity index (χ2n) is 13.0. The van der Waals surface area contributed by atoms with Crippen LogP contribution in [0.2, 0.25) is 5.02 Å². The Morgan fingerprint density at radius 1 is 1.04 bits per heavy atom. The number of aromatic nitrogens is 6. The molecule has 0 aliphatic carbocycles. The zero-order valence-corrected chi connectivity index (χ0v) is 29.5. The number of hydrogen-bond acceptors (Lipinski definition) is 9. The Balaban J connectivity index is 1.19. The smallest absolute Gasteiger partial charge is 0.260 e. The fourth-order valence-corrected chi connectivity index (χ4v) is 6.88. The van der Waals surface area contributed by atoms with Gasteiger partial charge in [-0.25, -0.2) is 19.6 Å². The molecule has 12 nitrogen and oxygen atoms in total. The van der Waals surface area contributed by atoms with E-state index in [-0.39, 0.29) is 29.6 Å². The van der Waals surface area contributed by atoms with Gasteiger partial charge in [-0.05, 0) is 68.4 Å². The molecule has 13 heteroatoms. The van der Waals surface area contributed by atoms with Gasteiger partial charge in [-0.3, -0.25) is 9.59 Å². The maximum atomic E-state index is 13.8. The molecule has 0 saturated carbocycles. The first-order chi connectivity index (χ1) is 25.2. The largest absolute Gasteiger partial charge is 0.508 e. The number of carbonyl (C=O) groups excluding carboxylic acids is 1. The number of benzene rings is 3. The zero-order chi connectivity index (χ0) is 36.2. The Labute approximate surface area is 305 Å². The number of rotatable bonds is 8. The van der Waals surface area contributed by atoms with E-state index in [1.165, 1.54) is 6.33 Å². The number of aromatic amines is 1. The first kappa shape index (κ1) is 34.7. The first-order valence-electron chi connectivity index (χ1n) is 17.2. The lowest BCUT2D eigenvalue weighted by atomic mass is 9.97. The van der Waals surface area contributed by atoms with Crippen LogP contribution in [0, 0.1) is 11.8 Å². The Morgan fingerprint density at radius 3 is 2.73 bits per heavy atom. The summed E-state index contributed by atoms with van der Waals surface area (Å²) in [5.41, 5.74) is 9.53. The van der Waals surface area contributed by atoms with E-state index in [0.29, 0.717) is 68.9 Å². The second kappa shape index (κ2) is 15.2. The summed E-state index contributed by atoms with van der Waals surface area (Å²) in [6.45, 7) is 3.66. The zero-order valence-electron chi connectivity index (χ0n) is 28.7. The van der Waals surface area contributed by atoms with Crippen molar-refractivity contribution in [2.24, 2.45) is 0 Å². The molecule has 4 N–H and O–H groups in total. The third-order valence-corrected chi connectivity index (χ3v) is 9.59. The number of fused-ring (bicyclic) bond motifs is 2. The molecule has 1 saturated heterocycles. The molecule has 264 valence electrons. The minimum atomic E-state index is -0.510. The number of amides is 1. The van der Waals surface area contributed by atoms with Crippen LogP contribution in [0.4, 0.5) is 5.82 Å². The number of H-pyrrole nitrogens is 1. The summed E-state index contributed by atoms with van der Waals surface area (Å²) in [6, 6.07) is 19.5. The third kappa shape index (κ3) is 7.46. The Bertz CT molecular complexity index is 2400. The highest BCUT2D eigenvalue weighted by Crippen LogP contribution is 2.34. The van der Waals surface area contributed by atoms with Gasteiger partial charge in [-0.2, -0.15) is 5.10 Å². The summed E-state index contributed by atoms with van der Waals surface area (Å²) in [6.07, 6.45) is 3.99. The average molecular weight is 716 g/mol. The van der Waals surface area contributed by atoms with Crippen LogP contribution in [-0.4, -0.2) is 83.8 Å². The fraction of sp³-hybridized carbons (Fsp3) is 0.282. The molecule has 1 aliphatic rings. The van der Waals surface area contributed by atoms with Gasteiger partial charge in [0.15, 0.2) is 5.65 Å². The highest BCUT2D eigenvalue weighted by molar-refractivity contribution is 6.30. The molecule has 3 aromatic carbocycles. The lowest BCUT2D eigenvalue weighted by molar-refractivity contribution is -0.131. The summed E-state index contributed by atoms with van der Waals surface area (Å²) in [5, 5.41) is 16.6. The van der Waals surface area contributed by atoms with Gasteiger partial charge in [0.1, 0.15) is 29.4 Å². The van der Waals surface area contributed by atoms with Crippen molar-refractivity contribution in [1.82, 2.24) is 39.5 Å². The van der Waals surface area contributed by atoms with Crippen molar-refractivity contribution in [3.8, 4) is 28.8 Å². The van der Waals surface area contributed by atoms with Crippen LogP contribution in [0.5, 0.6) is 5.75 Å². The van der Waals surface area contributed by atoms with Gasteiger partial charge in [0.2, 0.25) is 5.91 Å². The summed E-state index contributed by atoms with van der Waals surface area (Å²) < 4.78 is 1.71. The third-order valence-electron chi connectivity index (χ3n) is 9.35. The molecular weight excluding hydrogens is 678 g/mol. The normalized spacial score (nSPS) is 14.2. The average Bonchev–Trinajstić information content (AvgIpc) is 3.36. The van der Waals surface area contributed by atoms with Gasteiger partial charge in [0.05, 0.1) is 28.8 Å². The number of carbonyl (C=O) groups is 1. The van der Waals surface area contributed by atoms with Crippen molar-refractivity contribution in [3.63, 3.8) is 0 Å². The number of aromatic hydroxyl groups is 1. The summed E-state index contributed by atoms with van der Waals surface area (Å²) in [5.74, 6) is 6.72. The van der Waals surface area contributed by atoms with Gasteiger partial charge in [0, 0.05) is 48.6 Å². The van der Waals surface area contributed by atoms with Crippen molar-refractivity contribution in [2.45, 2.75) is 38.1 Å². The number of nitrogens with zero attached hydrogens (tertiary/aromatic N) is 7. The van der Waals surface area contributed by atoms with Crippen LogP contribution in [0.1, 0.15) is 48.6 Å². The van der Waals surface area contributed by atoms with E-state index in [0.717, 1.165) is 38.2 Å². The number of nitrogens with two attached hydrogens (primary N) is 1. The van der Waals surface area contributed by atoms with E-state index in [9.17, 15) is 14.7 Å². The Morgan fingerprint density at radius 2 is 1.88 bits per heavy atom. The highest BCUT2D eigenvalue weighted by Gasteiger charge is 2.25. The molecule has 0 radical (unpaired) electrons. The number of nitrogen functional groups attached to an aromatic ring is 1. The number of phenols is 1. The molecule has 1 aliphatic heterocycles. The SMILES string of the molecule is CN1CCCN(C(=O)CCCC#Cc2cccc3nc(C(Cn4nc(-c5cccc(O)c5)c5c(N)ncnc54)c4cccc(Cl)c4)[nH]c(=O)c23)CC1. The van der Waals surface area contributed by atoms with Crippen LogP contribution in [0.15, 0.2) is 77.9 Å². The minimum Gasteiger partial charge on any atom is -0.508 e. The molecule has 1 fully saturated rings. The quantitative estimate of drug-likeness (QED) is 0.142. The van der Waals surface area contributed by atoms with E-state index < -0.39 is 5.92 Å². The van der Waals surface area contributed by atoms with E-state index in [1.54, 1.807) is 35.0 Å². The second-order valence-corrected chi connectivity index (χ2v) is 13.4. The number of anilines is 1. The molecule has 1 unspecified atom stereocenters. The molecule has 0 bridgehead atoms. The van der Waals surface area contributed by atoms with Crippen LogP contribution >= 0.6 is 11.6 Å². The van der Waals surface area contributed by atoms with E-state index in [1.807, 2.05) is 41.3 Å². The highest BCUT2D eigenvalue weighted by atomic mass is 35.5. The number of phenolic OH excluding ortho intramolecular Hbond substituents is 1. The first-order valence-corrected chi connectivity index (χ1v) is 17.6. The topological polar surface area (TPSA) is 159 Å². The predicted octanol–water partition coefficient (Wildman–Crippen LogP) is 5.19. The molecule has 7 rings (SSSR count). The molecule has 4 heterocycles. The Kier molecular flexibility index (Phi) is 10.2. The number of likely N-dealkylation sites (N-methyl/N-ethyl adjacent to an activating group) is 1. The van der Waals surface area contributed by atoms with Gasteiger partial charge in [-0.15, -0.1) is 0 Å². The lowest BCUT2D eigenvalue weighted by Gasteiger charge is -2.20. The molecule has 3 aromatic heterocycles. The van der Waals surface area contributed by atoms with Gasteiger partial charge < -0.3 is 25.6 Å². The van der Waals surface area contributed by atoms with Crippen molar-refractivity contribution in [1.29, 1.82) is 0 Å². The maximum absolute atomic E-state index is 13.8. The number of unbranched alkanes of at least 4 members (excludes halogenated alkanes) is 1. The van der Waals surface area contributed by atoms with Crippen LogP contribution in [0.3, 0.4) is 0 Å². The van der Waals surface area contributed by atoms with Gasteiger partial charge >= 0.3 is 0 Å². The van der Waals surface area contributed by atoms with Crippen LogP contribution < -0.4 is 11.3 Å². The van der Waals surface area contributed by atoms with Crippen molar-refractivity contribution >= 4 is 45.3 Å². The standard InChI is InChI=1S/C39H38ClN9O3/c1-47-17-8-18-48(20-19-47)32(51)16-4-2-3-9-25-10-7-15-31-33(25)39(52)45-37(44-31)30(26-11-5-13-28(40)21-26)23-49-38-34(36(41)42-24-43-38)35(46-49)27-12-6-14-29(50)22-27/h5-7,10-15,21-22,24,30,50H,2,4,8,16-20,23H2,1H3,(H2,41,42,43)(H,44,45,52). The number of hydrogen-bond donors (Lipinski definition) is 3. The van der Waals surface area contributed by atoms with Crippen LogP contribution in [0.25, 0.3) is 33.2 Å². The summed E-state index contributed by atoms with van der Waals surface area (Å²) >= 11 is 6.47. The van der Waals surface area contributed by atoms with E-state index in [2.05, 4.69) is 38.7 Å². The monoisotopic (exact) mass is 715 g/mol. The van der Waals surface area contributed by atoms with E-state index >= 15 is 0 Å². The fourth-order valence-electron chi connectivity index (χ4n) is 6.68. The molecule has 6 aromatic rings. The maximum Gasteiger partial charge on any atom is 0.260 e. The molecular formula is C39H38ClN9O3.